The Morgan fingerprint density at radius 1 is 1.14 bits per heavy atom. The molecule has 0 amide bonds. The second kappa shape index (κ2) is 9.38. The topological polar surface area (TPSA) is 49.4 Å². The molecule has 0 heterocycles. The molecule has 126 valence electrons. The number of alkyl halides is 1. The van der Waals surface area contributed by atoms with E-state index in [9.17, 15) is 8.42 Å². The summed E-state index contributed by atoms with van der Waals surface area (Å²) in [4.78, 5) is 2.30. The van der Waals surface area contributed by atoms with E-state index in [1.54, 1.807) is 24.3 Å². The molecule has 6 heteroatoms. The molecular weight excluding hydrogens is 320 g/mol. The maximum Gasteiger partial charge on any atom is 0.249 e. The van der Waals surface area contributed by atoms with Gasteiger partial charge in [0.1, 0.15) is 0 Å². The fraction of sp³-hybridized carbons (Fsp3) is 0.625. The highest BCUT2D eigenvalue weighted by Gasteiger charge is 2.27. The zero-order valence-corrected chi connectivity index (χ0v) is 15.2. The SMILES string of the molecule is CCCN(CCC)C(C)CC(Cl)S(=O)(=O)Nc1ccccc1. The van der Waals surface area contributed by atoms with Crippen molar-refractivity contribution in [1.82, 2.24) is 4.90 Å². The monoisotopic (exact) mass is 346 g/mol. The number of rotatable bonds is 10. The van der Waals surface area contributed by atoms with Crippen molar-refractivity contribution in [2.24, 2.45) is 0 Å². The van der Waals surface area contributed by atoms with Crippen molar-refractivity contribution in [2.75, 3.05) is 17.8 Å². The van der Waals surface area contributed by atoms with Crippen LogP contribution in [0, 0.1) is 0 Å². The minimum Gasteiger partial charge on any atom is -0.301 e. The molecule has 1 aromatic carbocycles. The summed E-state index contributed by atoms with van der Waals surface area (Å²) in [6.45, 7) is 8.22. The van der Waals surface area contributed by atoms with Gasteiger partial charge in [-0.1, -0.05) is 32.0 Å². The van der Waals surface area contributed by atoms with E-state index in [4.69, 9.17) is 11.6 Å². The van der Waals surface area contributed by atoms with Crippen LogP contribution in [-0.4, -0.2) is 37.2 Å². The van der Waals surface area contributed by atoms with E-state index in [1.807, 2.05) is 13.0 Å². The number of nitrogens with one attached hydrogen (secondary N) is 1. The molecule has 0 saturated heterocycles. The third-order valence-corrected chi connectivity index (χ3v) is 5.81. The first-order valence-electron chi connectivity index (χ1n) is 7.85. The number of halogens is 1. The van der Waals surface area contributed by atoms with Crippen LogP contribution >= 0.6 is 11.6 Å². The van der Waals surface area contributed by atoms with Crippen LogP contribution in [0.15, 0.2) is 30.3 Å². The van der Waals surface area contributed by atoms with E-state index in [-0.39, 0.29) is 6.04 Å². The second-order valence-corrected chi connectivity index (χ2v) is 8.19. The highest BCUT2D eigenvalue weighted by atomic mass is 35.5. The lowest BCUT2D eigenvalue weighted by Crippen LogP contribution is -2.38. The van der Waals surface area contributed by atoms with Gasteiger partial charge in [-0.05, 0) is 51.4 Å². The summed E-state index contributed by atoms with van der Waals surface area (Å²) in [7, 11) is -3.58. The Morgan fingerprint density at radius 3 is 2.18 bits per heavy atom. The van der Waals surface area contributed by atoms with Gasteiger partial charge in [-0.3, -0.25) is 4.72 Å². The lowest BCUT2D eigenvalue weighted by Gasteiger charge is -2.29. The molecule has 1 aromatic rings. The van der Waals surface area contributed by atoms with E-state index in [1.165, 1.54) is 0 Å². The second-order valence-electron chi connectivity index (χ2n) is 5.54. The maximum atomic E-state index is 12.3. The van der Waals surface area contributed by atoms with Gasteiger partial charge in [0.2, 0.25) is 10.0 Å². The summed E-state index contributed by atoms with van der Waals surface area (Å²) in [5.41, 5.74) is 0.541. The van der Waals surface area contributed by atoms with E-state index >= 15 is 0 Å². The molecule has 0 aliphatic rings. The number of hydrogen-bond donors (Lipinski definition) is 1. The van der Waals surface area contributed by atoms with Gasteiger partial charge in [-0.25, -0.2) is 8.42 Å². The lowest BCUT2D eigenvalue weighted by molar-refractivity contribution is 0.203. The van der Waals surface area contributed by atoms with Crippen LogP contribution in [-0.2, 0) is 10.0 Å². The van der Waals surface area contributed by atoms with Gasteiger partial charge in [0, 0.05) is 11.7 Å². The molecule has 22 heavy (non-hydrogen) atoms. The van der Waals surface area contributed by atoms with Crippen molar-refractivity contribution in [2.45, 2.75) is 50.8 Å². The quantitative estimate of drug-likeness (QED) is 0.654. The number of nitrogens with zero attached hydrogens (tertiary/aromatic N) is 1. The first-order chi connectivity index (χ1) is 10.4. The minimum atomic E-state index is -3.58. The molecule has 0 radical (unpaired) electrons. The number of anilines is 1. The molecule has 0 spiro atoms. The highest BCUT2D eigenvalue weighted by Crippen LogP contribution is 2.20. The average molecular weight is 347 g/mol. The van der Waals surface area contributed by atoms with Gasteiger partial charge in [-0.2, -0.15) is 0 Å². The van der Waals surface area contributed by atoms with E-state index in [0.717, 1.165) is 25.9 Å². The first-order valence-corrected chi connectivity index (χ1v) is 9.83. The number of sulfonamides is 1. The van der Waals surface area contributed by atoms with Crippen LogP contribution < -0.4 is 4.72 Å². The fourth-order valence-electron chi connectivity index (χ4n) is 2.41. The molecule has 2 atom stereocenters. The van der Waals surface area contributed by atoms with Gasteiger partial charge in [0.15, 0.2) is 4.71 Å². The molecule has 2 unspecified atom stereocenters. The largest absolute Gasteiger partial charge is 0.301 e. The summed E-state index contributed by atoms with van der Waals surface area (Å²) in [6, 6.07) is 8.97. The molecule has 0 fully saturated rings. The smallest absolute Gasteiger partial charge is 0.249 e. The van der Waals surface area contributed by atoms with Gasteiger partial charge >= 0.3 is 0 Å². The molecule has 1 rings (SSSR count). The summed E-state index contributed by atoms with van der Waals surface area (Å²) < 4.78 is 26.2. The van der Waals surface area contributed by atoms with Gasteiger partial charge < -0.3 is 4.90 Å². The normalized spacial score (nSPS) is 14.8. The minimum absolute atomic E-state index is 0.134. The Balaban J connectivity index is 2.67. The average Bonchev–Trinajstić information content (AvgIpc) is 2.47. The number of benzene rings is 1. The van der Waals surface area contributed by atoms with Crippen molar-refractivity contribution in [3.63, 3.8) is 0 Å². The van der Waals surface area contributed by atoms with Gasteiger partial charge in [0.25, 0.3) is 0 Å². The lowest BCUT2D eigenvalue weighted by atomic mass is 10.2. The molecule has 0 bridgehead atoms. The predicted octanol–water partition coefficient (Wildman–Crippen LogP) is 3.89. The van der Waals surface area contributed by atoms with Crippen LogP contribution in [0.4, 0.5) is 5.69 Å². The van der Waals surface area contributed by atoms with Crippen molar-refractivity contribution in [3.8, 4) is 0 Å². The molecule has 4 nitrogen and oxygen atoms in total. The molecule has 1 N–H and O–H groups in total. The molecule has 0 saturated carbocycles. The zero-order chi connectivity index (χ0) is 16.6. The summed E-state index contributed by atoms with van der Waals surface area (Å²) >= 11 is 6.18. The Bertz CT molecular complexity index is 516. The van der Waals surface area contributed by atoms with Crippen LogP contribution in [0.1, 0.15) is 40.0 Å². The summed E-state index contributed by atoms with van der Waals surface area (Å²) in [6.07, 6.45) is 2.50. The van der Waals surface area contributed by atoms with Crippen molar-refractivity contribution >= 4 is 27.3 Å². The summed E-state index contributed by atoms with van der Waals surface area (Å²) in [5, 5.41) is 0. The number of hydrogen-bond acceptors (Lipinski definition) is 3. The van der Waals surface area contributed by atoms with Crippen LogP contribution in [0.3, 0.4) is 0 Å². The van der Waals surface area contributed by atoms with Crippen LogP contribution in [0.5, 0.6) is 0 Å². The third kappa shape index (κ3) is 6.15. The standard InChI is InChI=1S/C16H27ClN2O2S/c1-4-11-19(12-5-2)14(3)13-16(17)22(20,21)18-15-9-7-6-8-10-15/h6-10,14,16,18H,4-5,11-13H2,1-3H3. The first kappa shape index (κ1) is 19.3. The third-order valence-electron chi connectivity index (χ3n) is 3.54. The molecule has 0 aliphatic carbocycles. The van der Waals surface area contributed by atoms with Gasteiger partial charge in [-0.15, -0.1) is 11.6 Å². The maximum absolute atomic E-state index is 12.3. The van der Waals surface area contributed by atoms with E-state index in [0.29, 0.717) is 12.1 Å². The molecule has 0 aromatic heterocycles. The van der Waals surface area contributed by atoms with Crippen LogP contribution in [0.25, 0.3) is 0 Å². The Hall–Kier alpha value is -0.780. The van der Waals surface area contributed by atoms with Crippen molar-refractivity contribution in [1.29, 1.82) is 0 Å². The van der Waals surface area contributed by atoms with Gasteiger partial charge in [0.05, 0.1) is 0 Å². The van der Waals surface area contributed by atoms with Crippen molar-refractivity contribution < 1.29 is 8.42 Å². The Morgan fingerprint density at radius 2 is 1.68 bits per heavy atom. The van der Waals surface area contributed by atoms with Crippen molar-refractivity contribution in [3.05, 3.63) is 30.3 Å². The van der Waals surface area contributed by atoms with E-state index < -0.39 is 14.7 Å². The number of para-hydroxylation sites is 1. The molecular formula is C16H27ClN2O2S. The zero-order valence-electron chi connectivity index (χ0n) is 13.6. The Labute approximate surface area is 139 Å². The highest BCUT2D eigenvalue weighted by molar-refractivity contribution is 7.94. The predicted molar refractivity (Wildman–Crippen MR) is 94.9 cm³/mol. The van der Waals surface area contributed by atoms with E-state index in [2.05, 4.69) is 23.5 Å². The molecule has 0 aliphatic heterocycles. The fourth-order valence-corrected chi connectivity index (χ4v) is 3.92. The van der Waals surface area contributed by atoms with Crippen LogP contribution in [0.2, 0.25) is 0 Å². The summed E-state index contributed by atoms with van der Waals surface area (Å²) in [5.74, 6) is 0. The Kier molecular flexibility index (Phi) is 8.21.